The minimum atomic E-state index is -0.599. The zero-order valence-electron chi connectivity index (χ0n) is 35.4. The lowest BCUT2D eigenvalue weighted by atomic mass is 10.1. The third-order valence-electron chi connectivity index (χ3n) is 12.0. The molecule has 2 aliphatic rings. The first-order valence-corrected chi connectivity index (χ1v) is 21.4. The van der Waals surface area contributed by atoms with Crippen LogP contribution in [0.1, 0.15) is 47.2 Å². The van der Waals surface area contributed by atoms with Crippen LogP contribution in [0.4, 0.5) is 44.0 Å². The quantitative estimate of drug-likeness (QED) is 0.100. The number of hydrazine groups is 1. The molecule has 2 aromatic heterocycles. The molecule has 0 saturated heterocycles. The summed E-state index contributed by atoms with van der Waals surface area (Å²) in [6, 6.07) is 49.1. The number of carbonyl (C=O) groups excluding carboxylic acids is 2. The summed E-state index contributed by atoms with van der Waals surface area (Å²) in [6.07, 6.45) is 4.01. The SMILES string of the molecule is COc1ccc(NC(=O)N(c2ccc3nc(NC4CCc5ccccc54)ccc3c2)N(C(=O)Nc2cccc(OC)c2)c2ccc3nc(NC4CCc5ccccc54)ccc3c2)cc1. The van der Waals surface area contributed by atoms with Crippen LogP contribution in [0.15, 0.2) is 158 Å². The molecule has 0 fully saturated rings. The van der Waals surface area contributed by atoms with Crippen LogP contribution in [0.2, 0.25) is 0 Å². The van der Waals surface area contributed by atoms with Crippen molar-refractivity contribution >= 4 is 68.3 Å². The summed E-state index contributed by atoms with van der Waals surface area (Å²) >= 11 is 0. The Kier molecular flexibility index (Phi) is 10.8. The molecule has 8 aromatic rings. The Bertz CT molecular complexity index is 3030. The summed E-state index contributed by atoms with van der Waals surface area (Å²) < 4.78 is 10.8. The molecule has 4 amide bonds. The lowest BCUT2D eigenvalue weighted by Gasteiger charge is -2.35. The van der Waals surface area contributed by atoms with E-state index in [9.17, 15) is 9.59 Å². The number of hydrogen-bond donors (Lipinski definition) is 4. The number of carbonyl (C=O) groups is 2. The lowest BCUT2D eigenvalue weighted by molar-refractivity contribution is 0.248. The number of nitrogens with zero attached hydrogens (tertiary/aromatic N) is 4. The summed E-state index contributed by atoms with van der Waals surface area (Å²) in [6.45, 7) is 0. The molecule has 4 N–H and O–H groups in total. The number of anilines is 6. The summed E-state index contributed by atoms with van der Waals surface area (Å²) in [5.41, 5.74) is 8.56. The van der Waals surface area contributed by atoms with Crippen molar-refractivity contribution in [3.05, 3.63) is 180 Å². The van der Waals surface area contributed by atoms with Crippen LogP contribution >= 0.6 is 0 Å². The van der Waals surface area contributed by atoms with Crippen molar-refractivity contribution in [2.45, 2.75) is 37.8 Å². The van der Waals surface area contributed by atoms with Gasteiger partial charge in [0.15, 0.2) is 0 Å². The molecule has 2 unspecified atom stereocenters. The first-order chi connectivity index (χ1) is 31.4. The molecule has 0 radical (unpaired) electrons. The summed E-state index contributed by atoms with van der Waals surface area (Å²) in [7, 11) is 3.15. The van der Waals surface area contributed by atoms with Gasteiger partial charge in [-0.2, -0.15) is 10.0 Å². The van der Waals surface area contributed by atoms with Crippen LogP contribution in [0.3, 0.4) is 0 Å². The maximum Gasteiger partial charge on any atom is 0.345 e. The fourth-order valence-corrected chi connectivity index (χ4v) is 8.80. The topological polar surface area (TPSA) is 133 Å². The molecule has 12 nitrogen and oxygen atoms in total. The number of pyridine rings is 2. The maximum absolute atomic E-state index is 14.9. The van der Waals surface area contributed by atoms with Crippen molar-refractivity contribution in [2.75, 3.05) is 45.5 Å². The monoisotopic (exact) mass is 846 g/mol. The van der Waals surface area contributed by atoms with E-state index in [2.05, 4.69) is 69.8 Å². The molecule has 6 aromatic carbocycles. The molecular weight excluding hydrogens is 801 g/mol. The standard InChI is InChI=1S/C52H46N8O4/c1-63-41-22-18-37(19-23-41)53-51(61)59(39-20-26-45-35(30-39)16-28-49(55-45)57-47-24-14-33-8-3-5-12-43(33)47)60(52(62)54-38-10-7-11-42(32-38)64-2)40-21-27-46-36(31-40)17-29-50(56-46)58-48-25-15-34-9-4-6-13-44(34)48/h3-13,16-23,26-32,47-48H,14-15,24-25H2,1-2H3,(H,53,61)(H,54,62)(H,55,57)(H,56,58). The van der Waals surface area contributed by atoms with Crippen molar-refractivity contribution in [1.29, 1.82) is 0 Å². The highest BCUT2D eigenvalue weighted by Crippen LogP contribution is 2.37. The van der Waals surface area contributed by atoms with Crippen LogP contribution in [0.25, 0.3) is 21.8 Å². The van der Waals surface area contributed by atoms with E-state index < -0.39 is 12.1 Å². The van der Waals surface area contributed by atoms with Crippen molar-refractivity contribution in [3.8, 4) is 11.5 Å². The van der Waals surface area contributed by atoms with Gasteiger partial charge in [0.2, 0.25) is 0 Å². The zero-order valence-corrected chi connectivity index (χ0v) is 35.4. The molecule has 2 heterocycles. The lowest BCUT2D eigenvalue weighted by Crippen LogP contribution is -2.54. The Hall–Kier alpha value is -8.12. The summed E-state index contributed by atoms with van der Waals surface area (Å²) in [5.74, 6) is 2.71. The Morgan fingerprint density at radius 2 is 1.03 bits per heavy atom. The van der Waals surface area contributed by atoms with Gasteiger partial charge in [0, 0.05) is 28.2 Å². The van der Waals surface area contributed by atoms with Crippen LogP contribution < -0.4 is 40.8 Å². The van der Waals surface area contributed by atoms with E-state index in [0.717, 1.165) is 59.1 Å². The summed E-state index contributed by atoms with van der Waals surface area (Å²) in [4.78, 5) is 39.7. The Morgan fingerprint density at radius 3 is 1.56 bits per heavy atom. The summed E-state index contributed by atoms with van der Waals surface area (Å²) in [5, 5.41) is 17.5. The fourth-order valence-electron chi connectivity index (χ4n) is 8.80. The first-order valence-electron chi connectivity index (χ1n) is 21.4. The maximum atomic E-state index is 14.9. The van der Waals surface area contributed by atoms with Crippen LogP contribution in [-0.2, 0) is 12.8 Å². The van der Waals surface area contributed by atoms with Gasteiger partial charge in [-0.3, -0.25) is 0 Å². The van der Waals surface area contributed by atoms with Gasteiger partial charge in [0.25, 0.3) is 0 Å². The fraction of sp³-hybridized carbons (Fsp3) is 0.154. The van der Waals surface area contributed by atoms with Gasteiger partial charge in [0.05, 0.1) is 48.7 Å². The molecular formula is C52H46N8O4. The number of aromatic nitrogens is 2. The highest BCUT2D eigenvalue weighted by atomic mass is 16.5. The third kappa shape index (κ3) is 8.16. The number of ether oxygens (including phenoxy) is 2. The minimum absolute atomic E-state index is 0.166. The van der Waals surface area contributed by atoms with Gasteiger partial charge < -0.3 is 30.7 Å². The molecule has 2 atom stereocenters. The van der Waals surface area contributed by atoms with E-state index in [1.807, 2.05) is 48.5 Å². The average molecular weight is 847 g/mol. The van der Waals surface area contributed by atoms with E-state index in [1.165, 1.54) is 32.3 Å². The second kappa shape index (κ2) is 17.3. The number of benzene rings is 6. The highest BCUT2D eigenvalue weighted by Gasteiger charge is 2.31. The van der Waals surface area contributed by atoms with Crippen molar-refractivity contribution in [2.24, 2.45) is 0 Å². The smallest absolute Gasteiger partial charge is 0.345 e. The molecule has 318 valence electrons. The first kappa shape index (κ1) is 40.0. The molecule has 64 heavy (non-hydrogen) atoms. The van der Waals surface area contributed by atoms with E-state index in [-0.39, 0.29) is 12.1 Å². The molecule has 0 spiro atoms. The second-order valence-electron chi connectivity index (χ2n) is 16.0. The molecule has 0 bridgehead atoms. The number of hydrogen-bond acceptors (Lipinski definition) is 8. The van der Waals surface area contributed by atoms with Gasteiger partial charge in [0.1, 0.15) is 23.1 Å². The van der Waals surface area contributed by atoms with Crippen molar-refractivity contribution < 1.29 is 19.1 Å². The van der Waals surface area contributed by atoms with Gasteiger partial charge in [-0.25, -0.2) is 19.6 Å². The average Bonchev–Trinajstić information content (AvgIpc) is 3.94. The molecule has 2 aliphatic carbocycles. The van der Waals surface area contributed by atoms with Gasteiger partial charge >= 0.3 is 12.1 Å². The van der Waals surface area contributed by atoms with E-state index in [1.54, 1.807) is 74.9 Å². The van der Waals surface area contributed by atoms with Crippen molar-refractivity contribution in [3.63, 3.8) is 0 Å². The Morgan fingerprint density at radius 1 is 0.516 bits per heavy atom. The van der Waals surface area contributed by atoms with Gasteiger partial charge in [-0.05, 0) is 145 Å². The number of fused-ring (bicyclic) bond motifs is 4. The largest absolute Gasteiger partial charge is 0.497 e. The number of nitrogens with one attached hydrogen (secondary N) is 4. The predicted molar refractivity (Wildman–Crippen MR) is 255 cm³/mol. The molecule has 0 aliphatic heterocycles. The molecule has 12 heteroatoms. The van der Waals surface area contributed by atoms with Gasteiger partial charge in [-0.15, -0.1) is 0 Å². The Balaban J connectivity index is 1.03. The minimum Gasteiger partial charge on any atom is -0.497 e. The zero-order chi connectivity index (χ0) is 43.6. The van der Waals surface area contributed by atoms with Crippen LogP contribution in [0, 0.1) is 0 Å². The molecule has 0 saturated carbocycles. The highest BCUT2D eigenvalue weighted by molar-refractivity contribution is 6.14. The van der Waals surface area contributed by atoms with Crippen molar-refractivity contribution in [1.82, 2.24) is 9.97 Å². The Labute approximate surface area is 370 Å². The van der Waals surface area contributed by atoms with Crippen LogP contribution in [-0.4, -0.2) is 36.2 Å². The molecule has 10 rings (SSSR count). The van der Waals surface area contributed by atoms with E-state index in [4.69, 9.17) is 19.4 Å². The third-order valence-corrected chi connectivity index (χ3v) is 12.0. The van der Waals surface area contributed by atoms with E-state index in [0.29, 0.717) is 34.2 Å². The van der Waals surface area contributed by atoms with Crippen LogP contribution in [0.5, 0.6) is 11.5 Å². The number of aryl methyl sites for hydroxylation is 2. The number of methoxy groups -OCH3 is 2. The number of urea groups is 2. The normalized spacial score (nSPS) is 14.9. The number of rotatable bonds is 10. The van der Waals surface area contributed by atoms with E-state index >= 15 is 0 Å². The number of amides is 4. The second-order valence-corrected chi connectivity index (χ2v) is 16.0. The predicted octanol–water partition coefficient (Wildman–Crippen LogP) is 11.7. The van der Waals surface area contributed by atoms with Gasteiger partial charge in [-0.1, -0.05) is 54.6 Å².